The Balaban J connectivity index is 1.25. The highest BCUT2D eigenvalue weighted by Gasteiger charge is 2.25. The third kappa shape index (κ3) is 4.35. The van der Waals surface area contributed by atoms with Crippen LogP contribution in [-0.4, -0.2) is 73.7 Å². The van der Waals surface area contributed by atoms with Gasteiger partial charge < -0.3 is 20.0 Å². The number of aliphatic imine (C=N–C) groups is 1. The molecule has 1 unspecified atom stereocenters. The van der Waals surface area contributed by atoms with Crippen molar-refractivity contribution < 1.29 is 0 Å². The second-order valence-corrected chi connectivity index (χ2v) is 7.39. The van der Waals surface area contributed by atoms with E-state index in [-0.39, 0.29) is 0 Å². The van der Waals surface area contributed by atoms with Crippen molar-refractivity contribution in [1.82, 2.24) is 20.2 Å². The second kappa shape index (κ2) is 8.91. The zero-order chi connectivity index (χ0) is 19.2. The van der Waals surface area contributed by atoms with E-state index in [1.165, 1.54) is 12.1 Å². The highest BCUT2D eigenvalue weighted by Crippen LogP contribution is 2.23. The van der Waals surface area contributed by atoms with Crippen molar-refractivity contribution >= 4 is 17.6 Å². The van der Waals surface area contributed by atoms with E-state index in [0.29, 0.717) is 5.92 Å². The quantitative estimate of drug-likeness (QED) is 0.645. The Labute approximate surface area is 167 Å². The summed E-state index contributed by atoms with van der Waals surface area (Å²) < 4.78 is 0. The van der Waals surface area contributed by atoms with Crippen LogP contribution in [0, 0.1) is 5.92 Å². The fourth-order valence-electron chi connectivity index (χ4n) is 4.01. The number of nitrogens with zero attached hydrogens (tertiary/aromatic N) is 6. The minimum atomic E-state index is 0.649. The molecule has 1 aromatic heterocycles. The molecule has 2 aliphatic rings. The smallest absolute Gasteiger partial charge is 0.225 e. The molecular formula is C21H29N7. The molecule has 2 saturated heterocycles. The van der Waals surface area contributed by atoms with Crippen LogP contribution in [0.2, 0.25) is 0 Å². The summed E-state index contributed by atoms with van der Waals surface area (Å²) in [5.74, 6) is 2.47. The van der Waals surface area contributed by atoms with E-state index < -0.39 is 0 Å². The van der Waals surface area contributed by atoms with Gasteiger partial charge in [-0.15, -0.1) is 0 Å². The number of guanidine groups is 1. The Bertz CT molecular complexity index is 757. The van der Waals surface area contributed by atoms with Crippen LogP contribution >= 0.6 is 0 Å². The van der Waals surface area contributed by atoms with E-state index in [9.17, 15) is 0 Å². The first kappa shape index (κ1) is 18.5. The van der Waals surface area contributed by atoms with Gasteiger partial charge in [0, 0.05) is 70.9 Å². The third-order valence-corrected chi connectivity index (χ3v) is 5.58. The van der Waals surface area contributed by atoms with Gasteiger partial charge in [0.05, 0.1) is 0 Å². The van der Waals surface area contributed by atoms with E-state index in [2.05, 4.69) is 65.3 Å². The number of anilines is 2. The molecule has 2 aromatic rings. The fourth-order valence-corrected chi connectivity index (χ4v) is 4.01. The molecule has 2 aliphatic heterocycles. The predicted octanol–water partition coefficient (Wildman–Crippen LogP) is 1.70. The Morgan fingerprint density at radius 1 is 1.00 bits per heavy atom. The molecule has 0 spiro atoms. The molecule has 7 heteroatoms. The Morgan fingerprint density at radius 2 is 1.75 bits per heavy atom. The van der Waals surface area contributed by atoms with Gasteiger partial charge in [0.15, 0.2) is 5.96 Å². The van der Waals surface area contributed by atoms with Gasteiger partial charge in [-0.25, -0.2) is 9.97 Å². The van der Waals surface area contributed by atoms with Gasteiger partial charge in [0.25, 0.3) is 0 Å². The van der Waals surface area contributed by atoms with E-state index in [1.807, 2.05) is 13.1 Å². The van der Waals surface area contributed by atoms with Crippen LogP contribution < -0.4 is 15.1 Å². The maximum atomic E-state index is 4.52. The average Bonchev–Trinajstić information content (AvgIpc) is 3.25. The Kier molecular flexibility index (Phi) is 5.89. The first-order valence-electron chi connectivity index (χ1n) is 10.1. The summed E-state index contributed by atoms with van der Waals surface area (Å²) in [5.41, 5.74) is 1.33. The average molecular weight is 380 g/mol. The summed E-state index contributed by atoms with van der Waals surface area (Å²) in [6.45, 7) is 6.89. The molecule has 148 valence electrons. The van der Waals surface area contributed by atoms with E-state index >= 15 is 0 Å². The number of para-hydroxylation sites is 1. The summed E-state index contributed by atoms with van der Waals surface area (Å²) >= 11 is 0. The van der Waals surface area contributed by atoms with E-state index in [4.69, 9.17) is 0 Å². The fraction of sp³-hybridized carbons (Fsp3) is 0.476. The monoisotopic (exact) mass is 379 g/mol. The lowest BCUT2D eigenvalue weighted by atomic mass is 10.1. The first-order valence-corrected chi connectivity index (χ1v) is 10.1. The number of hydrogen-bond donors (Lipinski definition) is 1. The van der Waals surface area contributed by atoms with Crippen molar-refractivity contribution in [3.63, 3.8) is 0 Å². The van der Waals surface area contributed by atoms with Crippen LogP contribution in [0.4, 0.5) is 11.6 Å². The first-order chi connectivity index (χ1) is 13.8. The molecule has 28 heavy (non-hydrogen) atoms. The molecular weight excluding hydrogens is 350 g/mol. The molecule has 3 heterocycles. The lowest BCUT2D eigenvalue weighted by Gasteiger charge is -2.36. The predicted molar refractivity (Wildman–Crippen MR) is 114 cm³/mol. The summed E-state index contributed by atoms with van der Waals surface area (Å²) in [5, 5.41) is 3.61. The molecule has 7 nitrogen and oxygen atoms in total. The van der Waals surface area contributed by atoms with Gasteiger partial charge in [-0.1, -0.05) is 18.2 Å². The van der Waals surface area contributed by atoms with Gasteiger partial charge in [0.1, 0.15) is 0 Å². The number of hydrogen-bond acceptors (Lipinski definition) is 5. The molecule has 0 bridgehead atoms. The topological polar surface area (TPSA) is 59.9 Å². The van der Waals surface area contributed by atoms with Crippen molar-refractivity contribution in [3.05, 3.63) is 48.8 Å². The van der Waals surface area contributed by atoms with E-state index in [0.717, 1.165) is 57.7 Å². The molecule has 1 atom stereocenters. The molecule has 1 aromatic carbocycles. The third-order valence-electron chi connectivity index (χ3n) is 5.58. The van der Waals surface area contributed by atoms with Gasteiger partial charge >= 0.3 is 0 Å². The maximum Gasteiger partial charge on any atom is 0.225 e. The van der Waals surface area contributed by atoms with Gasteiger partial charge in [-0.2, -0.15) is 0 Å². The lowest BCUT2D eigenvalue weighted by Crippen LogP contribution is -2.53. The van der Waals surface area contributed by atoms with Crippen molar-refractivity contribution in [1.29, 1.82) is 0 Å². The van der Waals surface area contributed by atoms with Crippen molar-refractivity contribution in [2.75, 3.05) is 62.7 Å². The van der Waals surface area contributed by atoms with E-state index in [1.54, 1.807) is 12.4 Å². The minimum absolute atomic E-state index is 0.649. The number of benzene rings is 1. The molecule has 0 aliphatic carbocycles. The molecule has 1 N–H and O–H groups in total. The number of aromatic nitrogens is 2. The Morgan fingerprint density at radius 3 is 2.46 bits per heavy atom. The number of piperazine rings is 1. The largest absolute Gasteiger partial charge is 0.371 e. The number of rotatable bonds is 4. The molecule has 0 radical (unpaired) electrons. The second-order valence-electron chi connectivity index (χ2n) is 7.39. The van der Waals surface area contributed by atoms with Crippen LogP contribution in [0.5, 0.6) is 0 Å². The summed E-state index contributed by atoms with van der Waals surface area (Å²) in [6.07, 6.45) is 4.82. The SMILES string of the molecule is CN=C(NCC1CCN(c2ccccc2)C1)N1CCN(c2ncccn2)CC1. The molecule has 0 saturated carbocycles. The van der Waals surface area contributed by atoms with Gasteiger partial charge in [-0.3, -0.25) is 4.99 Å². The summed E-state index contributed by atoms with van der Waals surface area (Å²) in [7, 11) is 1.87. The zero-order valence-corrected chi connectivity index (χ0v) is 16.5. The van der Waals surface area contributed by atoms with Crippen LogP contribution in [-0.2, 0) is 0 Å². The van der Waals surface area contributed by atoms with Crippen molar-refractivity contribution in [2.45, 2.75) is 6.42 Å². The summed E-state index contributed by atoms with van der Waals surface area (Å²) in [4.78, 5) is 20.3. The Hall–Kier alpha value is -2.83. The van der Waals surface area contributed by atoms with Crippen molar-refractivity contribution in [3.8, 4) is 0 Å². The molecule has 2 fully saturated rings. The van der Waals surface area contributed by atoms with Crippen LogP contribution in [0.15, 0.2) is 53.8 Å². The zero-order valence-electron chi connectivity index (χ0n) is 16.5. The van der Waals surface area contributed by atoms with Gasteiger partial charge in [-0.05, 0) is 30.5 Å². The van der Waals surface area contributed by atoms with Crippen LogP contribution in [0.25, 0.3) is 0 Å². The number of nitrogens with one attached hydrogen (secondary N) is 1. The van der Waals surface area contributed by atoms with Gasteiger partial charge in [0.2, 0.25) is 5.95 Å². The minimum Gasteiger partial charge on any atom is -0.371 e. The standard InChI is InChI=1S/C21H29N7/c1-22-20(26-12-14-27(15-13-26)21-23-9-5-10-24-21)25-16-18-8-11-28(17-18)19-6-3-2-4-7-19/h2-7,9-10,18H,8,11-17H2,1H3,(H,22,25). The molecule has 4 rings (SSSR count). The highest BCUT2D eigenvalue weighted by molar-refractivity contribution is 5.80. The normalized spacial score (nSPS) is 20.5. The van der Waals surface area contributed by atoms with Crippen LogP contribution in [0.1, 0.15) is 6.42 Å². The molecule has 0 amide bonds. The van der Waals surface area contributed by atoms with Crippen molar-refractivity contribution in [2.24, 2.45) is 10.9 Å². The van der Waals surface area contributed by atoms with Crippen LogP contribution in [0.3, 0.4) is 0 Å². The maximum absolute atomic E-state index is 4.52. The lowest BCUT2D eigenvalue weighted by molar-refractivity contribution is 0.367. The highest BCUT2D eigenvalue weighted by atomic mass is 15.4. The summed E-state index contributed by atoms with van der Waals surface area (Å²) in [6, 6.07) is 12.6.